The maximum Gasteiger partial charge on any atom is 0.261 e. The Balaban J connectivity index is 2.04. The normalized spacial score (nSPS) is 17.2. The molecule has 2 rings (SSSR count). The fraction of sp³-hybridized carbons (Fsp3) is 0.533. The van der Waals surface area contributed by atoms with Gasteiger partial charge >= 0.3 is 0 Å². The van der Waals surface area contributed by atoms with Crippen LogP contribution in [-0.2, 0) is 9.05 Å². The minimum atomic E-state index is -3.74. The Morgan fingerprint density at radius 1 is 1.19 bits per heavy atom. The predicted octanol–water partition coefficient (Wildman–Crippen LogP) is 3.12. The van der Waals surface area contributed by atoms with Gasteiger partial charge in [-0.2, -0.15) is 0 Å². The molecule has 1 amide bonds. The second kappa shape index (κ2) is 6.36. The molecule has 116 valence electrons. The summed E-state index contributed by atoms with van der Waals surface area (Å²) in [5.74, 6) is 1.28. The van der Waals surface area contributed by atoms with Gasteiger partial charge in [-0.05, 0) is 48.9 Å². The lowest BCUT2D eigenvalue weighted by atomic mass is 9.86. The summed E-state index contributed by atoms with van der Waals surface area (Å²) in [4.78, 5) is 14.2. The van der Waals surface area contributed by atoms with Crippen LogP contribution in [0.25, 0.3) is 0 Å². The summed E-state index contributed by atoms with van der Waals surface area (Å²) in [7, 11) is 1.52. The van der Waals surface area contributed by atoms with Gasteiger partial charge in [-0.3, -0.25) is 4.79 Å². The van der Waals surface area contributed by atoms with Crippen LogP contribution in [0.2, 0.25) is 0 Å². The minimum Gasteiger partial charge on any atom is -0.339 e. The third-order valence-corrected chi connectivity index (χ3v) is 5.52. The Morgan fingerprint density at radius 2 is 1.71 bits per heavy atom. The molecule has 0 aliphatic carbocycles. The van der Waals surface area contributed by atoms with Crippen LogP contribution in [0.5, 0.6) is 0 Å². The Labute approximate surface area is 130 Å². The number of carbonyl (C=O) groups is 1. The van der Waals surface area contributed by atoms with Crippen LogP contribution in [0.3, 0.4) is 0 Å². The number of benzene rings is 1. The Bertz CT molecular complexity index is 602. The number of amides is 1. The first-order valence-electron chi connectivity index (χ1n) is 7.13. The van der Waals surface area contributed by atoms with Crippen molar-refractivity contribution in [2.45, 2.75) is 31.6 Å². The molecular weight excluding hydrogens is 310 g/mol. The zero-order valence-corrected chi connectivity index (χ0v) is 13.8. The van der Waals surface area contributed by atoms with E-state index in [0.29, 0.717) is 17.4 Å². The topological polar surface area (TPSA) is 54.5 Å². The van der Waals surface area contributed by atoms with Gasteiger partial charge in [-0.15, -0.1) is 0 Å². The molecule has 0 aromatic heterocycles. The average molecular weight is 330 g/mol. The van der Waals surface area contributed by atoms with Crippen LogP contribution in [0.4, 0.5) is 0 Å². The third-order valence-electron chi connectivity index (χ3n) is 4.15. The number of hydrogen-bond donors (Lipinski definition) is 0. The molecule has 4 nitrogen and oxygen atoms in total. The zero-order valence-electron chi connectivity index (χ0n) is 12.3. The van der Waals surface area contributed by atoms with Crippen molar-refractivity contribution in [2.75, 3.05) is 13.1 Å². The van der Waals surface area contributed by atoms with Crippen molar-refractivity contribution in [2.24, 2.45) is 11.8 Å². The van der Waals surface area contributed by atoms with Crippen molar-refractivity contribution in [3.63, 3.8) is 0 Å². The highest BCUT2D eigenvalue weighted by Crippen LogP contribution is 2.25. The van der Waals surface area contributed by atoms with Crippen LogP contribution < -0.4 is 0 Å². The van der Waals surface area contributed by atoms with Crippen molar-refractivity contribution < 1.29 is 13.2 Å². The van der Waals surface area contributed by atoms with Gasteiger partial charge in [0.05, 0.1) is 4.90 Å². The lowest BCUT2D eigenvalue weighted by molar-refractivity contribution is 0.0667. The Kier molecular flexibility index (Phi) is 4.94. The number of piperidine rings is 1. The Morgan fingerprint density at radius 3 is 2.14 bits per heavy atom. The lowest BCUT2D eigenvalue weighted by Crippen LogP contribution is -2.39. The molecule has 0 unspecified atom stereocenters. The van der Waals surface area contributed by atoms with E-state index in [1.807, 2.05) is 4.90 Å². The van der Waals surface area contributed by atoms with Crippen LogP contribution in [-0.4, -0.2) is 32.3 Å². The van der Waals surface area contributed by atoms with Gasteiger partial charge in [0, 0.05) is 29.3 Å². The molecule has 1 fully saturated rings. The molecule has 1 heterocycles. The molecule has 1 saturated heterocycles. The first-order valence-corrected chi connectivity index (χ1v) is 9.44. The number of hydrogen-bond acceptors (Lipinski definition) is 3. The smallest absolute Gasteiger partial charge is 0.261 e. The molecule has 0 N–H and O–H groups in total. The molecule has 0 atom stereocenters. The van der Waals surface area contributed by atoms with E-state index in [-0.39, 0.29) is 10.8 Å². The number of rotatable bonds is 3. The third kappa shape index (κ3) is 3.98. The van der Waals surface area contributed by atoms with Crippen LogP contribution in [0.1, 0.15) is 37.0 Å². The van der Waals surface area contributed by atoms with Gasteiger partial charge in [0.15, 0.2) is 0 Å². The largest absolute Gasteiger partial charge is 0.339 e. The van der Waals surface area contributed by atoms with E-state index < -0.39 is 9.05 Å². The van der Waals surface area contributed by atoms with E-state index >= 15 is 0 Å². The van der Waals surface area contributed by atoms with Crippen LogP contribution in [0.15, 0.2) is 29.2 Å². The van der Waals surface area contributed by atoms with Gasteiger partial charge in [-0.25, -0.2) is 8.42 Å². The van der Waals surface area contributed by atoms with Crippen LogP contribution in [0, 0.1) is 11.8 Å². The van der Waals surface area contributed by atoms with E-state index in [1.54, 1.807) is 0 Å². The standard InChI is InChI=1S/C15H20ClNO3S/c1-11(2)12-7-9-17(10-8-12)15(18)13-3-5-14(6-4-13)21(16,19)20/h3-6,11-12H,7-10H2,1-2H3. The zero-order chi connectivity index (χ0) is 15.6. The summed E-state index contributed by atoms with van der Waals surface area (Å²) in [5, 5.41) is 0. The summed E-state index contributed by atoms with van der Waals surface area (Å²) < 4.78 is 22.4. The highest BCUT2D eigenvalue weighted by Gasteiger charge is 2.25. The van der Waals surface area contributed by atoms with E-state index in [9.17, 15) is 13.2 Å². The van der Waals surface area contributed by atoms with Gasteiger partial charge in [0.1, 0.15) is 0 Å². The van der Waals surface area contributed by atoms with Crippen molar-refractivity contribution in [1.82, 2.24) is 4.90 Å². The van der Waals surface area contributed by atoms with E-state index in [0.717, 1.165) is 25.9 Å². The monoisotopic (exact) mass is 329 g/mol. The summed E-state index contributed by atoms with van der Waals surface area (Å²) in [6.45, 7) is 5.95. The summed E-state index contributed by atoms with van der Waals surface area (Å²) in [6.07, 6.45) is 2.05. The molecule has 21 heavy (non-hydrogen) atoms. The summed E-state index contributed by atoms with van der Waals surface area (Å²) in [5.41, 5.74) is 0.502. The maximum atomic E-state index is 12.4. The molecule has 1 aromatic carbocycles. The van der Waals surface area contributed by atoms with Crippen molar-refractivity contribution in [3.05, 3.63) is 29.8 Å². The number of carbonyl (C=O) groups excluding carboxylic acids is 1. The van der Waals surface area contributed by atoms with E-state index in [4.69, 9.17) is 10.7 Å². The average Bonchev–Trinajstić information content (AvgIpc) is 2.46. The molecule has 1 aliphatic rings. The molecule has 1 aromatic rings. The first-order chi connectivity index (χ1) is 9.79. The quantitative estimate of drug-likeness (QED) is 0.801. The van der Waals surface area contributed by atoms with Crippen LogP contribution >= 0.6 is 10.7 Å². The number of likely N-dealkylation sites (tertiary alicyclic amines) is 1. The minimum absolute atomic E-state index is 0.0132. The molecule has 1 aliphatic heterocycles. The van der Waals surface area contributed by atoms with Gasteiger partial charge in [0.25, 0.3) is 15.0 Å². The summed E-state index contributed by atoms with van der Waals surface area (Å²) >= 11 is 0. The maximum absolute atomic E-state index is 12.4. The van der Waals surface area contributed by atoms with Gasteiger partial charge in [-0.1, -0.05) is 13.8 Å². The first kappa shape index (κ1) is 16.3. The van der Waals surface area contributed by atoms with Gasteiger partial charge < -0.3 is 4.90 Å². The molecule has 0 radical (unpaired) electrons. The second-order valence-electron chi connectivity index (χ2n) is 5.84. The fourth-order valence-corrected chi connectivity index (χ4v) is 3.48. The van der Waals surface area contributed by atoms with E-state index in [2.05, 4.69) is 13.8 Å². The molecule has 0 spiro atoms. The van der Waals surface area contributed by atoms with Gasteiger partial charge in [0.2, 0.25) is 0 Å². The SMILES string of the molecule is CC(C)C1CCN(C(=O)c2ccc(S(=O)(=O)Cl)cc2)CC1. The highest BCUT2D eigenvalue weighted by molar-refractivity contribution is 8.13. The highest BCUT2D eigenvalue weighted by atomic mass is 35.7. The molecular formula is C15H20ClNO3S. The van der Waals surface area contributed by atoms with E-state index in [1.165, 1.54) is 24.3 Å². The van der Waals surface area contributed by atoms with Crippen molar-refractivity contribution in [1.29, 1.82) is 0 Å². The molecule has 0 bridgehead atoms. The fourth-order valence-electron chi connectivity index (χ4n) is 2.71. The predicted molar refractivity (Wildman–Crippen MR) is 82.9 cm³/mol. The Hall–Kier alpha value is -1.07. The lowest BCUT2D eigenvalue weighted by Gasteiger charge is -2.34. The van der Waals surface area contributed by atoms with Crippen molar-refractivity contribution in [3.8, 4) is 0 Å². The summed E-state index contributed by atoms with van der Waals surface area (Å²) in [6, 6.07) is 5.78. The molecule has 6 heteroatoms. The molecule has 0 saturated carbocycles. The van der Waals surface area contributed by atoms with Crippen molar-refractivity contribution >= 4 is 25.6 Å². The second-order valence-corrected chi connectivity index (χ2v) is 8.40. The number of halogens is 1. The number of nitrogens with zero attached hydrogens (tertiary/aromatic N) is 1.